The second-order valence-electron chi connectivity index (χ2n) is 11.2. The van der Waals surface area contributed by atoms with Gasteiger partial charge in [0, 0.05) is 35.4 Å². The number of aromatic nitrogens is 2. The Morgan fingerprint density at radius 1 is 0.646 bits per heavy atom. The lowest BCUT2D eigenvalue weighted by atomic mass is 9.97. The molecule has 7 heteroatoms. The lowest BCUT2D eigenvalue weighted by molar-refractivity contribution is 0.776. The minimum atomic E-state index is -0.697. The molecule has 0 aliphatic carbocycles. The van der Waals surface area contributed by atoms with Gasteiger partial charge in [0.1, 0.15) is 5.84 Å². The number of rotatable bonds is 10. The van der Waals surface area contributed by atoms with Crippen molar-refractivity contribution in [2.45, 2.75) is 13.1 Å². The highest BCUT2D eigenvalue weighted by Gasteiger charge is 2.17. The number of hydrogen-bond donors (Lipinski definition) is 2. The first-order chi connectivity index (χ1) is 23.5. The van der Waals surface area contributed by atoms with Crippen molar-refractivity contribution in [3.05, 3.63) is 174 Å². The third kappa shape index (κ3) is 7.49. The van der Waals surface area contributed by atoms with Gasteiger partial charge in [-0.05, 0) is 89.0 Å². The third-order valence-corrected chi connectivity index (χ3v) is 7.89. The Labute approximate surface area is 280 Å². The first-order valence-electron chi connectivity index (χ1n) is 15.5. The number of nitrogens with zero attached hydrogens (tertiary/aromatic N) is 5. The molecule has 234 valence electrons. The first-order valence-corrected chi connectivity index (χ1v) is 15.5. The zero-order valence-corrected chi connectivity index (χ0v) is 26.6. The molecular formula is C41H35N7. The van der Waals surface area contributed by atoms with Crippen molar-refractivity contribution in [1.29, 1.82) is 0 Å². The van der Waals surface area contributed by atoms with E-state index in [0.717, 1.165) is 61.5 Å². The van der Waals surface area contributed by atoms with E-state index in [2.05, 4.69) is 58.1 Å². The second kappa shape index (κ2) is 14.7. The zero-order valence-electron chi connectivity index (χ0n) is 26.6. The van der Waals surface area contributed by atoms with Crippen LogP contribution in [0.5, 0.6) is 0 Å². The Morgan fingerprint density at radius 3 is 1.88 bits per heavy atom. The molecule has 6 aromatic rings. The minimum absolute atomic E-state index is 0.329. The van der Waals surface area contributed by atoms with Crippen molar-refractivity contribution in [1.82, 2.24) is 9.97 Å². The lowest BCUT2D eigenvalue weighted by Gasteiger charge is -2.17. The quantitative estimate of drug-likeness (QED) is 0.118. The monoisotopic (exact) mass is 625 g/mol. The molecule has 1 atom stereocenters. The average molecular weight is 626 g/mol. The fourth-order valence-corrected chi connectivity index (χ4v) is 5.43. The van der Waals surface area contributed by atoms with E-state index in [1.54, 1.807) is 24.8 Å². The molecule has 0 aliphatic heterocycles. The summed E-state index contributed by atoms with van der Waals surface area (Å²) in [5.41, 5.74) is 23.6. The van der Waals surface area contributed by atoms with Crippen LogP contribution in [0.3, 0.4) is 0 Å². The normalized spacial score (nSPS) is 12.8. The van der Waals surface area contributed by atoms with E-state index in [1.165, 1.54) is 0 Å². The van der Waals surface area contributed by atoms with Crippen LogP contribution >= 0.6 is 0 Å². The summed E-state index contributed by atoms with van der Waals surface area (Å²) in [7, 11) is 0. The van der Waals surface area contributed by atoms with E-state index < -0.39 is 6.17 Å². The van der Waals surface area contributed by atoms with Gasteiger partial charge in [0.05, 0.1) is 17.6 Å². The largest absolute Gasteiger partial charge is 0.397 e. The fraction of sp³-hybridized carbons (Fsp3) is 0.0488. The van der Waals surface area contributed by atoms with Crippen molar-refractivity contribution < 1.29 is 0 Å². The van der Waals surface area contributed by atoms with Crippen molar-refractivity contribution in [2.75, 3.05) is 0 Å². The molecule has 1 unspecified atom stereocenters. The summed E-state index contributed by atoms with van der Waals surface area (Å²) >= 11 is 0. The Bertz CT molecular complexity index is 2050. The maximum atomic E-state index is 6.92. The summed E-state index contributed by atoms with van der Waals surface area (Å²) in [5.74, 6) is 0.329. The van der Waals surface area contributed by atoms with Gasteiger partial charge in [0.15, 0.2) is 6.17 Å². The number of hydrogen-bond acceptors (Lipinski definition) is 6. The molecule has 0 saturated carbocycles. The smallest absolute Gasteiger partial charge is 0.167 e. The standard InChI is InChI=1S/C41H35N7/c1-28(29-12-6-3-7-13-29)47-41(37-23-32(30-14-8-4-9-15-30)20-34(24-37)38(42)26-44-2)48-40(43)36-22-33(31-16-10-5-11-17-31)21-35(25-36)39-27-45-18-19-46-39/h3-27,41H,2,42H2,1H3,(H2,43,48)/b38-26-,47-28+. The molecule has 0 amide bonds. The average Bonchev–Trinajstić information content (AvgIpc) is 3.15. The zero-order chi connectivity index (χ0) is 33.3. The van der Waals surface area contributed by atoms with Gasteiger partial charge in [0.2, 0.25) is 0 Å². The molecule has 0 radical (unpaired) electrons. The second-order valence-corrected chi connectivity index (χ2v) is 11.2. The Kier molecular flexibility index (Phi) is 9.68. The summed E-state index contributed by atoms with van der Waals surface area (Å²) in [6, 6.07) is 42.5. The van der Waals surface area contributed by atoms with E-state index >= 15 is 0 Å². The molecule has 48 heavy (non-hydrogen) atoms. The maximum Gasteiger partial charge on any atom is 0.167 e. The van der Waals surface area contributed by atoms with Crippen LogP contribution in [0.1, 0.15) is 35.3 Å². The number of nitrogens with two attached hydrogens (primary N) is 2. The lowest BCUT2D eigenvalue weighted by Crippen LogP contribution is -2.16. The molecule has 0 aliphatic rings. The molecule has 1 heterocycles. The fourth-order valence-electron chi connectivity index (χ4n) is 5.43. The molecule has 5 aromatic carbocycles. The van der Waals surface area contributed by atoms with Crippen molar-refractivity contribution in [3.63, 3.8) is 0 Å². The van der Waals surface area contributed by atoms with Crippen molar-refractivity contribution in [2.24, 2.45) is 26.4 Å². The van der Waals surface area contributed by atoms with Gasteiger partial charge in [0.25, 0.3) is 0 Å². The van der Waals surface area contributed by atoms with Crippen LogP contribution in [0.4, 0.5) is 0 Å². The third-order valence-electron chi connectivity index (χ3n) is 7.89. The van der Waals surface area contributed by atoms with Crippen LogP contribution in [-0.4, -0.2) is 28.2 Å². The van der Waals surface area contributed by atoms with Crippen LogP contribution in [0.2, 0.25) is 0 Å². The SMILES string of the molecule is C=N/C=C(\N)c1cc(-c2ccccc2)cc(C(/N=C(\N)c2cc(-c3ccccc3)cc(-c3cnccn3)c2)/N=C(\C)c2ccccc2)c1. The Hall–Kier alpha value is -6.47. The number of amidine groups is 1. The summed E-state index contributed by atoms with van der Waals surface area (Å²) in [6.45, 7) is 5.57. The van der Waals surface area contributed by atoms with Crippen LogP contribution in [-0.2, 0) is 0 Å². The number of aliphatic imine (C=N–C) groups is 3. The molecule has 7 nitrogen and oxygen atoms in total. The van der Waals surface area contributed by atoms with E-state index in [0.29, 0.717) is 11.5 Å². The summed E-state index contributed by atoms with van der Waals surface area (Å²) < 4.78 is 0. The van der Waals surface area contributed by atoms with Gasteiger partial charge >= 0.3 is 0 Å². The van der Waals surface area contributed by atoms with Crippen LogP contribution in [0.25, 0.3) is 39.2 Å². The minimum Gasteiger partial charge on any atom is -0.397 e. The van der Waals surface area contributed by atoms with Crippen molar-refractivity contribution in [3.8, 4) is 33.5 Å². The highest BCUT2D eigenvalue weighted by atomic mass is 15.0. The first kappa shape index (κ1) is 31.5. The van der Waals surface area contributed by atoms with Crippen LogP contribution in [0, 0.1) is 0 Å². The van der Waals surface area contributed by atoms with Crippen LogP contribution < -0.4 is 11.5 Å². The van der Waals surface area contributed by atoms with Crippen molar-refractivity contribution >= 4 is 24.0 Å². The van der Waals surface area contributed by atoms with Gasteiger partial charge in [-0.2, -0.15) is 0 Å². The Balaban J connectivity index is 1.54. The highest BCUT2D eigenvalue weighted by Crippen LogP contribution is 2.32. The van der Waals surface area contributed by atoms with Gasteiger partial charge in [-0.25, -0.2) is 4.99 Å². The molecule has 0 bridgehead atoms. The van der Waals surface area contributed by atoms with E-state index in [-0.39, 0.29) is 0 Å². The topological polar surface area (TPSA) is 115 Å². The molecular weight excluding hydrogens is 591 g/mol. The Morgan fingerprint density at radius 2 is 1.25 bits per heavy atom. The number of benzene rings is 5. The summed E-state index contributed by atoms with van der Waals surface area (Å²) in [4.78, 5) is 23.0. The predicted molar refractivity (Wildman–Crippen MR) is 199 cm³/mol. The summed E-state index contributed by atoms with van der Waals surface area (Å²) in [5, 5.41) is 0. The van der Waals surface area contributed by atoms with Gasteiger partial charge in [-0.3, -0.25) is 20.0 Å². The molecule has 6 rings (SSSR count). The van der Waals surface area contributed by atoms with Gasteiger partial charge in [-0.15, -0.1) is 0 Å². The van der Waals surface area contributed by atoms with E-state index in [1.807, 2.05) is 97.9 Å². The van der Waals surface area contributed by atoms with Gasteiger partial charge < -0.3 is 11.5 Å². The van der Waals surface area contributed by atoms with E-state index in [9.17, 15) is 0 Å². The molecule has 0 fully saturated rings. The molecule has 0 spiro atoms. The van der Waals surface area contributed by atoms with E-state index in [4.69, 9.17) is 21.5 Å². The maximum absolute atomic E-state index is 6.92. The van der Waals surface area contributed by atoms with Gasteiger partial charge in [-0.1, -0.05) is 91.0 Å². The molecule has 1 aromatic heterocycles. The molecule has 4 N–H and O–H groups in total. The van der Waals surface area contributed by atoms with Crippen LogP contribution in [0.15, 0.2) is 167 Å². The highest BCUT2D eigenvalue weighted by molar-refractivity contribution is 6.01. The summed E-state index contributed by atoms with van der Waals surface area (Å²) in [6.07, 6.45) is 5.92. The molecule has 0 saturated heterocycles. The predicted octanol–water partition coefficient (Wildman–Crippen LogP) is 8.35.